The molecule has 0 aliphatic heterocycles. The average Bonchev–Trinajstić information content (AvgIpc) is 2.50. The summed E-state index contributed by atoms with van der Waals surface area (Å²) >= 11 is 0. The summed E-state index contributed by atoms with van der Waals surface area (Å²) in [5, 5.41) is 0. The standard InChI is InChI=1S/C16H18FNO4S/c1-3-21-13-8-9-16(22-4-2)15(11-13)18-23(19,20)14-7-5-6-12(17)10-14/h5-11,18H,3-4H2,1-2H3. The second kappa shape index (κ2) is 7.32. The Hall–Kier alpha value is -2.28. The van der Waals surface area contributed by atoms with Crippen LogP contribution in [0, 0.1) is 5.82 Å². The van der Waals surface area contributed by atoms with E-state index in [9.17, 15) is 12.8 Å². The molecule has 0 aromatic heterocycles. The Morgan fingerprint density at radius 1 is 1.04 bits per heavy atom. The molecule has 0 aliphatic carbocycles. The minimum Gasteiger partial charge on any atom is -0.494 e. The van der Waals surface area contributed by atoms with Crippen molar-refractivity contribution in [1.29, 1.82) is 0 Å². The highest BCUT2D eigenvalue weighted by atomic mass is 32.2. The van der Waals surface area contributed by atoms with E-state index >= 15 is 0 Å². The third-order valence-corrected chi connectivity index (χ3v) is 4.28. The lowest BCUT2D eigenvalue weighted by Crippen LogP contribution is -2.14. The van der Waals surface area contributed by atoms with Gasteiger partial charge in [-0.3, -0.25) is 4.72 Å². The fraction of sp³-hybridized carbons (Fsp3) is 0.250. The van der Waals surface area contributed by atoms with Crippen LogP contribution >= 0.6 is 0 Å². The quantitative estimate of drug-likeness (QED) is 0.839. The summed E-state index contributed by atoms with van der Waals surface area (Å²) in [5.41, 5.74) is 0.238. The molecule has 0 fully saturated rings. The first-order chi connectivity index (χ1) is 11.0. The van der Waals surface area contributed by atoms with Crippen LogP contribution in [0.15, 0.2) is 47.4 Å². The lowest BCUT2D eigenvalue weighted by Gasteiger charge is -2.14. The van der Waals surface area contributed by atoms with Crippen molar-refractivity contribution in [3.05, 3.63) is 48.3 Å². The Morgan fingerprint density at radius 2 is 1.78 bits per heavy atom. The maximum absolute atomic E-state index is 13.3. The third kappa shape index (κ3) is 4.35. The van der Waals surface area contributed by atoms with Gasteiger partial charge in [-0.1, -0.05) is 6.07 Å². The minimum atomic E-state index is -3.93. The van der Waals surface area contributed by atoms with Gasteiger partial charge in [-0.05, 0) is 44.2 Å². The molecule has 0 saturated heterocycles. The van der Waals surface area contributed by atoms with Crippen molar-refractivity contribution in [2.24, 2.45) is 0 Å². The van der Waals surface area contributed by atoms with Crippen molar-refractivity contribution in [2.45, 2.75) is 18.7 Å². The Bertz CT molecular complexity index is 777. The van der Waals surface area contributed by atoms with Gasteiger partial charge >= 0.3 is 0 Å². The van der Waals surface area contributed by atoms with E-state index in [2.05, 4.69) is 4.72 Å². The highest BCUT2D eigenvalue weighted by Crippen LogP contribution is 2.31. The summed E-state index contributed by atoms with van der Waals surface area (Å²) < 4.78 is 51.3. The van der Waals surface area contributed by atoms with E-state index in [1.807, 2.05) is 6.92 Å². The minimum absolute atomic E-state index is 0.165. The number of nitrogens with one attached hydrogen (secondary N) is 1. The predicted molar refractivity (Wildman–Crippen MR) is 86.0 cm³/mol. The molecule has 0 saturated carbocycles. The van der Waals surface area contributed by atoms with Crippen LogP contribution < -0.4 is 14.2 Å². The first kappa shape index (κ1) is 17.1. The molecule has 0 aliphatic rings. The number of sulfonamides is 1. The molecular weight excluding hydrogens is 321 g/mol. The third-order valence-electron chi connectivity index (χ3n) is 2.91. The van der Waals surface area contributed by atoms with Crippen LogP contribution in [0.1, 0.15) is 13.8 Å². The van der Waals surface area contributed by atoms with Crippen LogP contribution in [-0.2, 0) is 10.0 Å². The molecule has 0 spiro atoms. The van der Waals surface area contributed by atoms with Gasteiger partial charge in [0.2, 0.25) is 0 Å². The molecule has 1 N–H and O–H groups in total. The van der Waals surface area contributed by atoms with Gasteiger partial charge in [-0.2, -0.15) is 0 Å². The van der Waals surface area contributed by atoms with Crippen LogP contribution in [0.4, 0.5) is 10.1 Å². The van der Waals surface area contributed by atoms with Gasteiger partial charge in [0.25, 0.3) is 10.0 Å². The number of halogens is 1. The van der Waals surface area contributed by atoms with Crippen molar-refractivity contribution in [3.63, 3.8) is 0 Å². The summed E-state index contributed by atoms with van der Waals surface area (Å²) in [6, 6.07) is 9.63. The van der Waals surface area contributed by atoms with Crippen LogP contribution in [-0.4, -0.2) is 21.6 Å². The highest BCUT2D eigenvalue weighted by Gasteiger charge is 2.18. The van der Waals surface area contributed by atoms with Crippen molar-refractivity contribution in [2.75, 3.05) is 17.9 Å². The molecule has 2 rings (SSSR count). The van der Waals surface area contributed by atoms with Gasteiger partial charge in [-0.25, -0.2) is 12.8 Å². The molecule has 2 aromatic rings. The lowest BCUT2D eigenvalue weighted by atomic mass is 10.3. The van der Waals surface area contributed by atoms with Crippen LogP contribution in [0.3, 0.4) is 0 Å². The molecule has 23 heavy (non-hydrogen) atoms. The summed E-state index contributed by atoms with van der Waals surface area (Å²) in [4.78, 5) is -0.165. The van der Waals surface area contributed by atoms with Crippen molar-refractivity contribution in [1.82, 2.24) is 0 Å². The zero-order valence-corrected chi connectivity index (χ0v) is 13.7. The Morgan fingerprint density at radius 3 is 2.43 bits per heavy atom. The molecule has 5 nitrogen and oxygen atoms in total. The number of benzene rings is 2. The normalized spacial score (nSPS) is 11.1. The van der Waals surface area contributed by atoms with Gasteiger partial charge in [0, 0.05) is 6.07 Å². The molecule has 0 unspecified atom stereocenters. The molecule has 0 amide bonds. The summed E-state index contributed by atoms with van der Waals surface area (Å²) in [6.45, 7) is 4.45. The van der Waals surface area contributed by atoms with Gasteiger partial charge < -0.3 is 9.47 Å². The average molecular weight is 339 g/mol. The fourth-order valence-electron chi connectivity index (χ4n) is 1.96. The van der Waals surface area contributed by atoms with E-state index in [0.717, 1.165) is 6.07 Å². The van der Waals surface area contributed by atoms with Crippen LogP contribution in [0.5, 0.6) is 11.5 Å². The SMILES string of the molecule is CCOc1ccc(OCC)c(NS(=O)(=O)c2cccc(F)c2)c1. The maximum Gasteiger partial charge on any atom is 0.262 e. The van der Waals surface area contributed by atoms with E-state index in [4.69, 9.17) is 9.47 Å². The number of ether oxygens (including phenoxy) is 2. The van der Waals surface area contributed by atoms with Crippen LogP contribution in [0.25, 0.3) is 0 Å². The molecular formula is C16H18FNO4S. The Kier molecular flexibility index (Phi) is 5.44. The highest BCUT2D eigenvalue weighted by molar-refractivity contribution is 7.92. The molecule has 0 heterocycles. The van der Waals surface area contributed by atoms with Crippen LogP contribution in [0.2, 0.25) is 0 Å². The molecule has 124 valence electrons. The van der Waals surface area contributed by atoms with Gasteiger partial charge in [0.15, 0.2) is 0 Å². The maximum atomic E-state index is 13.3. The summed E-state index contributed by atoms with van der Waals surface area (Å²) in [5.74, 6) is 0.254. The van der Waals surface area contributed by atoms with E-state index in [1.54, 1.807) is 19.1 Å². The Balaban J connectivity index is 2.38. The van der Waals surface area contributed by atoms with E-state index < -0.39 is 15.8 Å². The smallest absolute Gasteiger partial charge is 0.262 e. The molecule has 7 heteroatoms. The number of hydrogen-bond donors (Lipinski definition) is 1. The molecule has 0 atom stereocenters. The summed E-state index contributed by atoms with van der Waals surface area (Å²) in [7, 11) is -3.93. The zero-order valence-electron chi connectivity index (χ0n) is 12.9. The molecule has 2 aromatic carbocycles. The molecule has 0 radical (unpaired) electrons. The topological polar surface area (TPSA) is 64.6 Å². The predicted octanol–water partition coefficient (Wildman–Crippen LogP) is 3.42. The fourth-order valence-corrected chi connectivity index (χ4v) is 3.06. The Labute approximate surface area is 135 Å². The van der Waals surface area contributed by atoms with E-state index in [0.29, 0.717) is 24.7 Å². The van der Waals surface area contributed by atoms with E-state index in [1.165, 1.54) is 24.3 Å². The van der Waals surface area contributed by atoms with Crippen molar-refractivity contribution < 1.29 is 22.3 Å². The second-order valence-corrected chi connectivity index (χ2v) is 6.27. The number of rotatable bonds is 7. The van der Waals surface area contributed by atoms with E-state index in [-0.39, 0.29) is 10.6 Å². The second-order valence-electron chi connectivity index (χ2n) is 4.59. The lowest BCUT2D eigenvalue weighted by molar-refractivity contribution is 0.332. The van der Waals surface area contributed by atoms with Crippen molar-refractivity contribution in [3.8, 4) is 11.5 Å². The van der Waals surface area contributed by atoms with Gasteiger partial charge in [-0.15, -0.1) is 0 Å². The van der Waals surface area contributed by atoms with Gasteiger partial charge in [0.05, 0.1) is 23.8 Å². The first-order valence-corrected chi connectivity index (χ1v) is 8.62. The largest absolute Gasteiger partial charge is 0.494 e. The zero-order chi connectivity index (χ0) is 16.9. The van der Waals surface area contributed by atoms with Gasteiger partial charge in [0.1, 0.15) is 17.3 Å². The summed E-state index contributed by atoms with van der Waals surface area (Å²) in [6.07, 6.45) is 0. The molecule has 0 bridgehead atoms. The van der Waals surface area contributed by atoms with Crippen molar-refractivity contribution >= 4 is 15.7 Å². The number of anilines is 1. The number of hydrogen-bond acceptors (Lipinski definition) is 4. The first-order valence-electron chi connectivity index (χ1n) is 7.14. The monoisotopic (exact) mass is 339 g/mol.